The molecule has 0 spiro atoms. The summed E-state index contributed by atoms with van der Waals surface area (Å²) in [5.74, 6) is -0.0970. The standard InChI is InChI=1S/C17H14N6OS/c24-16(13-9-22-7-8-25-17(22)21-13)23-6-4-11-14(20-10-19-11)15(23)12-3-1-2-5-18-12/h1-3,5,7-10,15H,4,6H2,(H,19,20). The van der Waals surface area contributed by atoms with Gasteiger partial charge in [0, 0.05) is 42.6 Å². The van der Waals surface area contributed by atoms with Gasteiger partial charge in [-0.05, 0) is 12.1 Å². The van der Waals surface area contributed by atoms with Gasteiger partial charge in [-0.25, -0.2) is 9.97 Å². The zero-order valence-electron chi connectivity index (χ0n) is 13.2. The SMILES string of the molecule is O=C(c1cn2ccsc2n1)N1CCc2[nH]cnc2C1c1ccccn1. The van der Waals surface area contributed by atoms with Gasteiger partial charge in [0.1, 0.15) is 11.7 Å². The molecule has 0 aliphatic carbocycles. The first kappa shape index (κ1) is 14.4. The average Bonchev–Trinajstić information content (AvgIpc) is 3.36. The Balaban J connectivity index is 1.59. The first-order valence-electron chi connectivity index (χ1n) is 7.97. The molecule has 1 aliphatic rings. The molecule has 1 atom stereocenters. The Morgan fingerprint density at radius 3 is 3.12 bits per heavy atom. The van der Waals surface area contributed by atoms with Gasteiger partial charge >= 0.3 is 0 Å². The third kappa shape index (κ3) is 2.25. The van der Waals surface area contributed by atoms with E-state index in [1.165, 1.54) is 11.3 Å². The Morgan fingerprint density at radius 2 is 2.28 bits per heavy atom. The molecule has 0 saturated heterocycles. The smallest absolute Gasteiger partial charge is 0.275 e. The number of carbonyl (C=O) groups is 1. The minimum Gasteiger partial charge on any atom is -0.348 e. The number of imidazole rings is 2. The molecule has 1 unspecified atom stereocenters. The number of aromatic amines is 1. The number of aromatic nitrogens is 5. The summed E-state index contributed by atoms with van der Waals surface area (Å²) in [5.41, 5.74) is 3.18. The van der Waals surface area contributed by atoms with Crippen molar-refractivity contribution in [2.45, 2.75) is 12.5 Å². The number of pyridine rings is 1. The number of nitrogens with one attached hydrogen (secondary N) is 1. The minimum atomic E-state index is -0.302. The number of rotatable bonds is 2. The summed E-state index contributed by atoms with van der Waals surface area (Å²) in [6.07, 6.45) is 7.85. The van der Waals surface area contributed by atoms with Crippen molar-refractivity contribution in [2.75, 3.05) is 6.54 Å². The lowest BCUT2D eigenvalue weighted by atomic mass is 9.99. The molecule has 1 aliphatic heterocycles. The number of nitrogens with zero attached hydrogens (tertiary/aromatic N) is 5. The summed E-state index contributed by atoms with van der Waals surface area (Å²) in [5, 5.41) is 1.95. The molecule has 1 N–H and O–H groups in total. The van der Waals surface area contributed by atoms with Crippen LogP contribution in [0.15, 0.2) is 48.5 Å². The molecule has 5 rings (SSSR count). The summed E-state index contributed by atoms with van der Waals surface area (Å²) >= 11 is 1.51. The van der Waals surface area contributed by atoms with E-state index in [-0.39, 0.29) is 11.9 Å². The van der Waals surface area contributed by atoms with E-state index in [9.17, 15) is 4.79 Å². The zero-order chi connectivity index (χ0) is 16.8. The second kappa shape index (κ2) is 5.52. The predicted octanol–water partition coefficient (Wildman–Crippen LogP) is 2.30. The van der Waals surface area contributed by atoms with Crippen LogP contribution in [0, 0.1) is 0 Å². The molecule has 4 aromatic heterocycles. The van der Waals surface area contributed by atoms with E-state index in [0.29, 0.717) is 12.2 Å². The molecule has 0 saturated carbocycles. The van der Waals surface area contributed by atoms with Crippen molar-refractivity contribution >= 4 is 22.2 Å². The van der Waals surface area contributed by atoms with Crippen LogP contribution in [0.5, 0.6) is 0 Å². The van der Waals surface area contributed by atoms with Crippen LogP contribution in [0.2, 0.25) is 0 Å². The number of carbonyl (C=O) groups excluding carboxylic acids is 1. The van der Waals surface area contributed by atoms with Gasteiger partial charge < -0.3 is 9.88 Å². The quantitative estimate of drug-likeness (QED) is 0.602. The molecule has 124 valence electrons. The lowest BCUT2D eigenvalue weighted by Gasteiger charge is -2.34. The minimum absolute atomic E-state index is 0.0970. The third-order valence-electron chi connectivity index (χ3n) is 4.47. The van der Waals surface area contributed by atoms with E-state index in [1.807, 2.05) is 39.1 Å². The number of thiazole rings is 1. The summed E-state index contributed by atoms with van der Waals surface area (Å²) < 4.78 is 1.87. The highest BCUT2D eigenvalue weighted by atomic mass is 32.1. The Labute approximate surface area is 147 Å². The van der Waals surface area contributed by atoms with Crippen LogP contribution in [-0.2, 0) is 6.42 Å². The van der Waals surface area contributed by atoms with E-state index in [1.54, 1.807) is 18.7 Å². The Kier molecular flexibility index (Phi) is 3.17. The molecule has 0 aromatic carbocycles. The number of amides is 1. The maximum Gasteiger partial charge on any atom is 0.275 e. The highest BCUT2D eigenvalue weighted by molar-refractivity contribution is 7.15. The van der Waals surface area contributed by atoms with E-state index in [4.69, 9.17) is 0 Å². The van der Waals surface area contributed by atoms with Crippen molar-refractivity contribution in [3.8, 4) is 0 Å². The van der Waals surface area contributed by atoms with Crippen LogP contribution in [0.1, 0.15) is 33.6 Å². The zero-order valence-corrected chi connectivity index (χ0v) is 14.0. The average molecular weight is 350 g/mol. The predicted molar refractivity (Wildman–Crippen MR) is 92.5 cm³/mol. The fourth-order valence-electron chi connectivity index (χ4n) is 3.31. The van der Waals surface area contributed by atoms with Gasteiger partial charge in [0.15, 0.2) is 4.96 Å². The number of hydrogen-bond acceptors (Lipinski definition) is 5. The van der Waals surface area contributed by atoms with Crippen LogP contribution < -0.4 is 0 Å². The van der Waals surface area contributed by atoms with Gasteiger partial charge in [0.2, 0.25) is 0 Å². The van der Waals surface area contributed by atoms with Crippen molar-refractivity contribution in [2.24, 2.45) is 0 Å². The number of fused-ring (bicyclic) bond motifs is 2. The number of H-pyrrole nitrogens is 1. The molecule has 0 bridgehead atoms. The fourth-order valence-corrected chi connectivity index (χ4v) is 4.01. The van der Waals surface area contributed by atoms with Crippen molar-refractivity contribution in [1.82, 2.24) is 29.2 Å². The molecular formula is C17H14N6OS. The van der Waals surface area contributed by atoms with Crippen molar-refractivity contribution in [3.63, 3.8) is 0 Å². The van der Waals surface area contributed by atoms with Crippen LogP contribution in [0.4, 0.5) is 0 Å². The maximum absolute atomic E-state index is 13.2. The second-order valence-corrected chi connectivity index (χ2v) is 6.76. The summed E-state index contributed by atoms with van der Waals surface area (Å²) in [7, 11) is 0. The van der Waals surface area contributed by atoms with Crippen molar-refractivity contribution in [3.05, 3.63) is 71.3 Å². The monoisotopic (exact) mass is 350 g/mol. The Hall–Kier alpha value is -3.00. The summed E-state index contributed by atoms with van der Waals surface area (Å²) in [6.45, 7) is 0.598. The molecule has 0 fully saturated rings. The van der Waals surface area contributed by atoms with Gasteiger partial charge in [0.05, 0.1) is 17.7 Å². The maximum atomic E-state index is 13.2. The normalized spacial score (nSPS) is 17.0. The van der Waals surface area contributed by atoms with Crippen LogP contribution in [0.3, 0.4) is 0 Å². The molecule has 5 heterocycles. The van der Waals surface area contributed by atoms with E-state index in [0.717, 1.165) is 28.5 Å². The molecule has 1 amide bonds. The lowest BCUT2D eigenvalue weighted by molar-refractivity contribution is 0.0682. The summed E-state index contributed by atoms with van der Waals surface area (Å²) in [4.78, 5) is 32.4. The molecule has 8 heteroatoms. The van der Waals surface area contributed by atoms with E-state index in [2.05, 4.69) is 19.9 Å². The van der Waals surface area contributed by atoms with Crippen molar-refractivity contribution < 1.29 is 4.79 Å². The lowest BCUT2D eigenvalue weighted by Crippen LogP contribution is -2.41. The van der Waals surface area contributed by atoms with Crippen LogP contribution in [-0.4, -0.2) is 41.7 Å². The third-order valence-corrected chi connectivity index (χ3v) is 5.24. The summed E-state index contributed by atoms with van der Waals surface area (Å²) in [6, 6.07) is 5.43. The van der Waals surface area contributed by atoms with Crippen LogP contribution in [0.25, 0.3) is 4.96 Å². The first-order valence-corrected chi connectivity index (χ1v) is 8.85. The fraction of sp³-hybridized carbons (Fsp3) is 0.176. The molecular weight excluding hydrogens is 336 g/mol. The molecule has 25 heavy (non-hydrogen) atoms. The number of hydrogen-bond donors (Lipinski definition) is 1. The highest BCUT2D eigenvalue weighted by Gasteiger charge is 2.36. The topological polar surface area (TPSA) is 79.2 Å². The molecule has 7 nitrogen and oxygen atoms in total. The molecule has 0 radical (unpaired) electrons. The van der Waals surface area contributed by atoms with Gasteiger partial charge in [-0.1, -0.05) is 6.07 Å². The highest BCUT2D eigenvalue weighted by Crippen LogP contribution is 2.33. The van der Waals surface area contributed by atoms with Gasteiger partial charge in [0.25, 0.3) is 5.91 Å². The van der Waals surface area contributed by atoms with E-state index >= 15 is 0 Å². The molecule has 4 aromatic rings. The van der Waals surface area contributed by atoms with Crippen LogP contribution >= 0.6 is 11.3 Å². The Morgan fingerprint density at radius 1 is 1.32 bits per heavy atom. The largest absolute Gasteiger partial charge is 0.348 e. The second-order valence-electron chi connectivity index (χ2n) is 5.89. The van der Waals surface area contributed by atoms with E-state index < -0.39 is 0 Å². The van der Waals surface area contributed by atoms with Gasteiger partial charge in [-0.2, -0.15) is 0 Å². The first-order chi connectivity index (χ1) is 12.3. The van der Waals surface area contributed by atoms with Crippen molar-refractivity contribution in [1.29, 1.82) is 0 Å². The van der Waals surface area contributed by atoms with Gasteiger partial charge in [-0.15, -0.1) is 11.3 Å². The van der Waals surface area contributed by atoms with Gasteiger partial charge in [-0.3, -0.25) is 14.2 Å². The Bertz CT molecular complexity index is 1020.